The number of unbranched alkanes of at least 4 members (excludes halogenated alkanes) is 2. The molecule has 118 valence electrons. The standard InChI is InChI=1S/C14H20O2.C3H6O2/c1-2-3-4-6-12-7-5-8-13(11-12)14-15-9-10-16-14;1-2-5-3-4/h5,7-8,11,14H,2-4,6,9-10H2,1H3;3H,2H2,1H3. The number of hydrogen-bond donors (Lipinski definition) is 0. The summed E-state index contributed by atoms with van der Waals surface area (Å²) in [7, 11) is 0. The van der Waals surface area contributed by atoms with Crippen molar-refractivity contribution in [1.82, 2.24) is 0 Å². The van der Waals surface area contributed by atoms with E-state index in [9.17, 15) is 4.79 Å². The summed E-state index contributed by atoms with van der Waals surface area (Å²) < 4.78 is 15.1. The maximum atomic E-state index is 9.18. The van der Waals surface area contributed by atoms with E-state index in [1.807, 2.05) is 0 Å². The summed E-state index contributed by atoms with van der Waals surface area (Å²) in [6, 6.07) is 8.58. The second-order valence-corrected chi connectivity index (χ2v) is 4.83. The lowest BCUT2D eigenvalue weighted by Gasteiger charge is -2.10. The lowest BCUT2D eigenvalue weighted by atomic mass is 10.0. The molecule has 0 spiro atoms. The molecule has 0 N–H and O–H groups in total. The Balaban J connectivity index is 0.000000383. The number of aryl methyl sites for hydroxylation is 1. The van der Waals surface area contributed by atoms with Gasteiger partial charge >= 0.3 is 0 Å². The molecular weight excluding hydrogens is 268 g/mol. The minimum absolute atomic E-state index is 0.133. The van der Waals surface area contributed by atoms with E-state index in [2.05, 4.69) is 35.9 Å². The normalized spacial score (nSPS) is 14.4. The summed E-state index contributed by atoms with van der Waals surface area (Å²) in [6.07, 6.45) is 4.88. The summed E-state index contributed by atoms with van der Waals surface area (Å²) >= 11 is 0. The van der Waals surface area contributed by atoms with Crippen molar-refractivity contribution in [3.63, 3.8) is 0 Å². The van der Waals surface area contributed by atoms with Crippen LogP contribution in [0.4, 0.5) is 0 Å². The highest BCUT2D eigenvalue weighted by Gasteiger charge is 2.17. The smallest absolute Gasteiger partial charge is 0.293 e. The van der Waals surface area contributed by atoms with Gasteiger partial charge in [-0.05, 0) is 25.3 Å². The lowest BCUT2D eigenvalue weighted by molar-refractivity contribution is -0.128. The zero-order valence-electron chi connectivity index (χ0n) is 13.0. The molecule has 1 aliphatic rings. The van der Waals surface area contributed by atoms with Gasteiger partial charge in [-0.2, -0.15) is 0 Å². The van der Waals surface area contributed by atoms with Crippen molar-refractivity contribution in [3.05, 3.63) is 35.4 Å². The Kier molecular flexibility index (Phi) is 9.49. The van der Waals surface area contributed by atoms with Crippen LogP contribution < -0.4 is 0 Å². The van der Waals surface area contributed by atoms with Crippen molar-refractivity contribution >= 4 is 6.47 Å². The minimum Gasteiger partial charge on any atom is -0.468 e. The highest BCUT2D eigenvalue weighted by molar-refractivity contribution is 5.36. The van der Waals surface area contributed by atoms with E-state index in [4.69, 9.17) is 9.47 Å². The van der Waals surface area contributed by atoms with Gasteiger partial charge in [0.05, 0.1) is 19.8 Å². The highest BCUT2D eigenvalue weighted by atomic mass is 16.7. The number of ether oxygens (including phenoxy) is 3. The van der Waals surface area contributed by atoms with Crippen LogP contribution in [0, 0.1) is 0 Å². The monoisotopic (exact) mass is 294 g/mol. The van der Waals surface area contributed by atoms with E-state index < -0.39 is 0 Å². The molecule has 1 aliphatic heterocycles. The van der Waals surface area contributed by atoms with Gasteiger partial charge in [0.2, 0.25) is 0 Å². The van der Waals surface area contributed by atoms with Crippen molar-refractivity contribution in [2.45, 2.75) is 45.8 Å². The van der Waals surface area contributed by atoms with Crippen molar-refractivity contribution in [2.75, 3.05) is 19.8 Å². The van der Waals surface area contributed by atoms with Crippen LogP contribution in [0.5, 0.6) is 0 Å². The fourth-order valence-corrected chi connectivity index (χ4v) is 2.09. The van der Waals surface area contributed by atoms with Gasteiger partial charge in [0, 0.05) is 5.56 Å². The van der Waals surface area contributed by atoms with Gasteiger partial charge in [-0.25, -0.2) is 0 Å². The van der Waals surface area contributed by atoms with Crippen molar-refractivity contribution < 1.29 is 19.0 Å². The number of rotatable bonds is 7. The third-order valence-electron chi connectivity index (χ3n) is 3.15. The van der Waals surface area contributed by atoms with E-state index in [0.29, 0.717) is 26.3 Å². The van der Waals surface area contributed by atoms with Crippen LogP contribution in [0.3, 0.4) is 0 Å². The molecule has 0 radical (unpaired) electrons. The molecular formula is C17H26O4. The van der Waals surface area contributed by atoms with Gasteiger partial charge in [-0.15, -0.1) is 0 Å². The first-order chi connectivity index (χ1) is 10.3. The predicted octanol–water partition coefficient (Wildman–Crippen LogP) is 3.64. The molecule has 1 saturated heterocycles. The molecule has 0 aromatic heterocycles. The Morgan fingerprint density at radius 3 is 2.57 bits per heavy atom. The van der Waals surface area contributed by atoms with E-state index in [1.54, 1.807) is 6.92 Å². The summed E-state index contributed by atoms with van der Waals surface area (Å²) in [5.41, 5.74) is 2.55. The molecule has 1 aromatic carbocycles. The Hall–Kier alpha value is -1.39. The lowest BCUT2D eigenvalue weighted by Crippen LogP contribution is -1.98. The van der Waals surface area contributed by atoms with Crippen LogP contribution >= 0.6 is 0 Å². The second-order valence-electron chi connectivity index (χ2n) is 4.83. The van der Waals surface area contributed by atoms with Gasteiger partial charge in [-0.3, -0.25) is 4.79 Å². The molecule has 0 amide bonds. The minimum atomic E-state index is -0.133. The fraction of sp³-hybridized carbons (Fsp3) is 0.588. The summed E-state index contributed by atoms with van der Waals surface area (Å²) in [4.78, 5) is 9.18. The number of carbonyl (C=O) groups excluding carboxylic acids is 1. The summed E-state index contributed by atoms with van der Waals surface area (Å²) in [5, 5.41) is 0. The van der Waals surface area contributed by atoms with E-state index in [-0.39, 0.29) is 6.29 Å². The zero-order valence-corrected chi connectivity index (χ0v) is 13.0. The Morgan fingerprint density at radius 1 is 1.24 bits per heavy atom. The van der Waals surface area contributed by atoms with Crippen LogP contribution in [0.25, 0.3) is 0 Å². The predicted molar refractivity (Wildman–Crippen MR) is 82.0 cm³/mol. The molecule has 0 unspecified atom stereocenters. The van der Waals surface area contributed by atoms with Crippen LogP contribution in [-0.4, -0.2) is 26.3 Å². The second kappa shape index (κ2) is 11.3. The fourth-order valence-electron chi connectivity index (χ4n) is 2.09. The van der Waals surface area contributed by atoms with Crippen LogP contribution in [0.15, 0.2) is 24.3 Å². The first kappa shape index (κ1) is 17.7. The van der Waals surface area contributed by atoms with Gasteiger partial charge in [0.15, 0.2) is 6.29 Å². The first-order valence-electron chi connectivity index (χ1n) is 7.69. The number of carbonyl (C=O) groups is 1. The van der Waals surface area contributed by atoms with Crippen molar-refractivity contribution in [2.24, 2.45) is 0 Å². The quantitative estimate of drug-likeness (QED) is 0.569. The van der Waals surface area contributed by atoms with E-state index >= 15 is 0 Å². The van der Waals surface area contributed by atoms with E-state index in [1.165, 1.54) is 24.8 Å². The molecule has 2 rings (SSSR count). The molecule has 21 heavy (non-hydrogen) atoms. The van der Waals surface area contributed by atoms with Gasteiger partial charge in [0.1, 0.15) is 0 Å². The Labute approximate surface area is 127 Å². The number of hydrogen-bond acceptors (Lipinski definition) is 4. The van der Waals surface area contributed by atoms with Gasteiger partial charge < -0.3 is 14.2 Å². The largest absolute Gasteiger partial charge is 0.468 e. The van der Waals surface area contributed by atoms with Crippen LogP contribution in [-0.2, 0) is 25.4 Å². The highest BCUT2D eigenvalue weighted by Crippen LogP contribution is 2.24. The third kappa shape index (κ3) is 7.25. The van der Waals surface area contributed by atoms with Gasteiger partial charge in [-0.1, -0.05) is 44.0 Å². The molecule has 4 heteroatoms. The SMILES string of the molecule is CCCCCc1cccc(C2OCCO2)c1.CCOC=O. The average molecular weight is 294 g/mol. The van der Waals surface area contributed by atoms with E-state index in [0.717, 1.165) is 12.0 Å². The maximum absolute atomic E-state index is 9.18. The van der Waals surface area contributed by atoms with Crippen molar-refractivity contribution in [1.29, 1.82) is 0 Å². The first-order valence-corrected chi connectivity index (χ1v) is 7.69. The maximum Gasteiger partial charge on any atom is 0.293 e. The molecule has 0 saturated carbocycles. The van der Waals surface area contributed by atoms with Crippen LogP contribution in [0.2, 0.25) is 0 Å². The van der Waals surface area contributed by atoms with Crippen LogP contribution in [0.1, 0.15) is 50.5 Å². The molecule has 1 heterocycles. The molecule has 1 aromatic rings. The molecule has 1 fully saturated rings. The molecule has 0 aliphatic carbocycles. The molecule has 0 atom stereocenters. The third-order valence-corrected chi connectivity index (χ3v) is 3.15. The van der Waals surface area contributed by atoms with Crippen molar-refractivity contribution in [3.8, 4) is 0 Å². The zero-order chi connectivity index (χ0) is 15.3. The summed E-state index contributed by atoms with van der Waals surface area (Å²) in [6.45, 7) is 6.32. The molecule has 4 nitrogen and oxygen atoms in total. The molecule has 0 bridgehead atoms. The Bertz CT molecular complexity index is 386. The van der Waals surface area contributed by atoms with Gasteiger partial charge in [0.25, 0.3) is 6.47 Å². The average Bonchev–Trinajstić information content (AvgIpc) is 3.04. The topological polar surface area (TPSA) is 44.8 Å². The Morgan fingerprint density at radius 2 is 2.00 bits per heavy atom. The summed E-state index contributed by atoms with van der Waals surface area (Å²) in [5.74, 6) is 0. The number of benzene rings is 1.